The van der Waals surface area contributed by atoms with Crippen molar-refractivity contribution in [2.45, 2.75) is 13.0 Å². The fourth-order valence-corrected chi connectivity index (χ4v) is 3.22. The van der Waals surface area contributed by atoms with Gasteiger partial charge in [-0.1, -0.05) is 66.7 Å². The van der Waals surface area contributed by atoms with Gasteiger partial charge in [-0.3, -0.25) is 4.79 Å². The average Bonchev–Trinajstić information content (AvgIpc) is 2.61. The van der Waals surface area contributed by atoms with Gasteiger partial charge in [0.15, 0.2) is 0 Å². The van der Waals surface area contributed by atoms with E-state index in [0.717, 1.165) is 21.2 Å². The van der Waals surface area contributed by atoms with Crippen molar-refractivity contribution in [2.24, 2.45) is 0 Å². The minimum Gasteiger partial charge on any atom is -0.341 e. The Kier molecular flexibility index (Phi) is 5.11. The van der Waals surface area contributed by atoms with E-state index in [-0.39, 0.29) is 11.9 Å². The van der Waals surface area contributed by atoms with Gasteiger partial charge in [0.2, 0.25) is 0 Å². The van der Waals surface area contributed by atoms with E-state index in [0.29, 0.717) is 5.56 Å². The zero-order valence-corrected chi connectivity index (χ0v) is 15.0. The van der Waals surface area contributed by atoms with Crippen LogP contribution in [0.25, 0.3) is 0 Å². The summed E-state index contributed by atoms with van der Waals surface area (Å²) in [5, 5.41) is 3.18. The van der Waals surface area contributed by atoms with Crippen molar-refractivity contribution < 1.29 is 4.79 Å². The summed E-state index contributed by atoms with van der Waals surface area (Å²) in [6, 6.07) is 25.5. The zero-order chi connectivity index (χ0) is 16.9. The molecule has 0 heterocycles. The summed E-state index contributed by atoms with van der Waals surface area (Å²) in [4.78, 5) is 12.8. The Hall–Kier alpha value is -2.39. The van der Waals surface area contributed by atoms with Crippen LogP contribution in [0.1, 0.15) is 33.1 Å². The number of amides is 1. The molecule has 0 aliphatic carbocycles. The highest BCUT2D eigenvalue weighted by molar-refractivity contribution is 9.10. The first kappa shape index (κ1) is 16.5. The molecule has 120 valence electrons. The summed E-state index contributed by atoms with van der Waals surface area (Å²) < 4.78 is 0.791. The molecular weight excluding hydrogens is 362 g/mol. The predicted molar refractivity (Wildman–Crippen MR) is 101 cm³/mol. The van der Waals surface area contributed by atoms with Crippen LogP contribution in [-0.4, -0.2) is 5.91 Å². The fourth-order valence-electron chi connectivity index (χ4n) is 2.75. The third-order valence-corrected chi connectivity index (χ3v) is 4.72. The zero-order valence-electron chi connectivity index (χ0n) is 13.4. The summed E-state index contributed by atoms with van der Waals surface area (Å²) in [5.74, 6) is -0.0976. The molecule has 0 aliphatic heterocycles. The molecule has 0 spiro atoms. The first-order chi connectivity index (χ1) is 11.7. The Bertz CT molecular complexity index is 845. The van der Waals surface area contributed by atoms with Crippen molar-refractivity contribution in [1.82, 2.24) is 5.32 Å². The van der Waals surface area contributed by atoms with E-state index in [9.17, 15) is 4.79 Å². The number of benzene rings is 3. The van der Waals surface area contributed by atoms with E-state index in [1.54, 1.807) is 0 Å². The van der Waals surface area contributed by atoms with E-state index in [1.807, 2.05) is 66.7 Å². The van der Waals surface area contributed by atoms with Crippen LogP contribution in [-0.2, 0) is 0 Å². The lowest BCUT2D eigenvalue weighted by molar-refractivity contribution is 0.0942. The molecule has 1 amide bonds. The summed E-state index contributed by atoms with van der Waals surface area (Å²) >= 11 is 3.45. The number of hydrogen-bond donors (Lipinski definition) is 1. The molecule has 3 rings (SSSR count). The van der Waals surface area contributed by atoms with Crippen molar-refractivity contribution in [3.8, 4) is 0 Å². The van der Waals surface area contributed by atoms with Gasteiger partial charge in [0.05, 0.1) is 11.6 Å². The quantitative estimate of drug-likeness (QED) is 0.656. The largest absolute Gasteiger partial charge is 0.341 e. The molecule has 3 heteroatoms. The Morgan fingerprint density at radius 1 is 0.875 bits per heavy atom. The van der Waals surface area contributed by atoms with Crippen molar-refractivity contribution in [3.05, 3.63) is 106 Å². The van der Waals surface area contributed by atoms with Crippen LogP contribution in [0, 0.1) is 6.92 Å². The normalized spacial score (nSPS) is 11.8. The molecule has 1 N–H and O–H groups in total. The highest BCUT2D eigenvalue weighted by atomic mass is 79.9. The van der Waals surface area contributed by atoms with Gasteiger partial charge >= 0.3 is 0 Å². The lowest BCUT2D eigenvalue weighted by Crippen LogP contribution is -2.30. The van der Waals surface area contributed by atoms with Crippen molar-refractivity contribution in [1.29, 1.82) is 0 Å². The van der Waals surface area contributed by atoms with E-state index in [2.05, 4.69) is 40.3 Å². The lowest BCUT2D eigenvalue weighted by Gasteiger charge is -2.22. The molecule has 2 nitrogen and oxygen atoms in total. The summed E-state index contributed by atoms with van der Waals surface area (Å²) in [5.41, 5.74) is 3.95. The van der Waals surface area contributed by atoms with Crippen molar-refractivity contribution in [2.75, 3.05) is 0 Å². The van der Waals surface area contributed by atoms with Crippen LogP contribution in [0.2, 0.25) is 0 Å². The molecule has 0 saturated heterocycles. The van der Waals surface area contributed by atoms with Gasteiger partial charge in [0.1, 0.15) is 0 Å². The van der Waals surface area contributed by atoms with Crippen LogP contribution < -0.4 is 5.32 Å². The smallest absolute Gasteiger partial charge is 0.253 e. The maximum atomic E-state index is 12.8. The first-order valence-electron chi connectivity index (χ1n) is 7.82. The third-order valence-electron chi connectivity index (χ3n) is 4.03. The number of nitrogens with one attached hydrogen (secondary N) is 1. The minimum atomic E-state index is -0.188. The minimum absolute atomic E-state index is 0.0976. The van der Waals surface area contributed by atoms with Gasteiger partial charge in [-0.2, -0.15) is 0 Å². The maximum absolute atomic E-state index is 12.8. The Morgan fingerprint density at radius 2 is 1.50 bits per heavy atom. The molecule has 0 aliphatic rings. The SMILES string of the molecule is Cc1ccccc1[C@@H](NC(=O)c1ccccc1Br)c1ccccc1. The van der Waals surface area contributed by atoms with Crippen molar-refractivity contribution in [3.63, 3.8) is 0 Å². The molecule has 0 unspecified atom stereocenters. The lowest BCUT2D eigenvalue weighted by atomic mass is 9.94. The molecule has 0 radical (unpaired) electrons. The van der Waals surface area contributed by atoms with Gasteiger partial charge in [-0.25, -0.2) is 0 Å². The van der Waals surface area contributed by atoms with Crippen molar-refractivity contribution >= 4 is 21.8 Å². The first-order valence-corrected chi connectivity index (χ1v) is 8.62. The summed E-state index contributed by atoms with van der Waals surface area (Å²) in [6.07, 6.45) is 0. The van der Waals surface area contributed by atoms with Gasteiger partial charge in [-0.05, 0) is 51.7 Å². The Morgan fingerprint density at radius 3 is 2.21 bits per heavy atom. The number of rotatable bonds is 4. The van der Waals surface area contributed by atoms with Gasteiger partial charge in [-0.15, -0.1) is 0 Å². The number of carbonyl (C=O) groups excluding carboxylic acids is 1. The molecule has 24 heavy (non-hydrogen) atoms. The highest BCUT2D eigenvalue weighted by Crippen LogP contribution is 2.26. The van der Waals surface area contributed by atoms with Crippen LogP contribution in [0.4, 0.5) is 0 Å². The molecule has 0 saturated carbocycles. The second kappa shape index (κ2) is 7.45. The predicted octanol–water partition coefficient (Wildman–Crippen LogP) is 5.28. The maximum Gasteiger partial charge on any atom is 0.253 e. The summed E-state index contributed by atoms with van der Waals surface area (Å²) in [6.45, 7) is 2.07. The van der Waals surface area contributed by atoms with Gasteiger partial charge in [0.25, 0.3) is 5.91 Å². The average molecular weight is 380 g/mol. The number of hydrogen-bond acceptors (Lipinski definition) is 1. The second-order valence-corrected chi connectivity index (χ2v) is 6.51. The van der Waals surface area contributed by atoms with Gasteiger partial charge < -0.3 is 5.32 Å². The van der Waals surface area contributed by atoms with E-state index in [1.165, 1.54) is 0 Å². The van der Waals surface area contributed by atoms with Crippen LogP contribution in [0.15, 0.2) is 83.3 Å². The number of aryl methyl sites for hydroxylation is 1. The molecule has 3 aromatic rings. The number of carbonyl (C=O) groups is 1. The standard InChI is InChI=1S/C21H18BrNO/c1-15-9-5-6-12-17(15)20(16-10-3-2-4-11-16)23-21(24)18-13-7-8-14-19(18)22/h2-14,20H,1H3,(H,23,24)/t20-/m0/s1. The van der Waals surface area contributed by atoms with Gasteiger partial charge in [0, 0.05) is 4.47 Å². The summed E-state index contributed by atoms with van der Waals surface area (Å²) in [7, 11) is 0. The van der Waals surface area contributed by atoms with Crippen LogP contribution in [0.5, 0.6) is 0 Å². The molecule has 0 fully saturated rings. The molecule has 1 atom stereocenters. The number of halogens is 1. The molecule has 0 aromatic heterocycles. The van der Waals surface area contributed by atoms with Crippen LogP contribution in [0.3, 0.4) is 0 Å². The molecule has 3 aromatic carbocycles. The van der Waals surface area contributed by atoms with E-state index in [4.69, 9.17) is 0 Å². The van der Waals surface area contributed by atoms with E-state index >= 15 is 0 Å². The monoisotopic (exact) mass is 379 g/mol. The molecule has 0 bridgehead atoms. The fraction of sp³-hybridized carbons (Fsp3) is 0.0952. The third kappa shape index (κ3) is 3.57. The van der Waals surface area contributed by atoms with E-state index < -0.39 is 0 Å². The Balaban J connectivity index is 1.99. The molecular formula is C21H18BrNO. The Labute approximate surface area is 150 Å². The second-order valence-electron chi connectivity index (χ2n) is 5.65. The topological polar surface area (TPSA) is 29.1 Å². The van der Waals surface area contributed by atoms with Crippen LogP contribution >= 0.6 is 15.9 Å². The highest BCUT2D eigenvalue weighted by Gasteiger charge is 2.20.